The van der Waals surface area contributed by atoms with Crippen molar-refractivity contribution in [1.82, 2.24) is 9.55 Å². The van der Waals surface area contributed by atoms with Crippen LogP contribution in [0.25, 0.3) is 16.6 Å². The highest BCUT2D eigenvalue weighted by atomic mass is 16.7. The molecule has 5 rings (SSSR count). The van der Waals surface area contributed by atoms with Crippen LogP contribution < -0.4 is 25.7 Å². The van der Waals surface area contributed by atoms with Crippen LogP contribution in [0.3, 0.4) is 0 Å². The Morgan fingerprint density at radius 3 is 2.62 bits per heavy atom. The molecule has 1 aromatic heterocycles. The van der Waals surface area contributed by atoms with Gasteiger partial charge >= 0.3 is 6.03 Å². The Morgan fingerprint density at radius 1 is 0.969 bits per heavy atom. The Kier molecular flexibility index (Phi) is 4.74. The van der Waals surface area contributed by atoms with Gasteiger partial charge in [-0.25, -0.2) is 9.78 Å². The molecule has 0 fully saturated rings. The molecular weight excluding hydrogens is 408 g/mol. The number of aryl methyl sites for hydroxylation is 2. The average Bonchev–Trinajstić information content (AvgIpc) is 3.23. The molecule has 0 saturated heterocycles. The van der Waals surface area contributed by atoms with Crippen LogP contribution in [-0.4, -0.2) is 22.4 Å². The molecule has 0 spiro atoms. The molecule has 8 nitrogen and oxygen atoms in total. The van der Waals surface area contributed by atoms with Crippen LogP contribution in [0.4, 0.5) is 16.2 Å². The normalized spacial score (nSPS) is 12.1. The van der Waals surface area contributed by atoms with E-state index in [9.17, 15) is 9.59 Å². The van der Waals surface area contributed by atoms with Gasteiger partial charge in [0.05, 0.1) is 16.6 Å². The number of ether oxygens (including phenoxy) is 2. The number of rotatable bonds is 3. The lowest BCUT2D eigenvalue weighted by molar-refractivity contribution is 0.174. The first-order valence-corrected chi connectivity index (χ1v) is 10.1. The highest BCUT2D eigenvalue weighted by molar-refractivity contribution is 6.00. The van der Waals surface area contributed by atoms with Gasteiger partial charge in [-0.15, -0.1) is 0 Å². The number of para-hydroxylation sites is 1. The van der Waals surface area contributed by atoms with E-state index >= 15 is 0 Å². The molecule has 2 heterocycles. The van der Waals surface area contributed by atoms with Gasteiger partial charge in [-0.05, 0) is 61.9 Å². The van der Waals surface area contributed by atoms with E-state index in [0.717, 1.165) is 5.56 Å². The number of carbonyl (C=O) groups excluding carboxylic acids is 1. The summed E-state index contributed by atoms with van der Waals surface area (Å²) in [6.45, 7) is 3.84. The van der Waals surface area contributed by atoms with Gasteiger partial charge in [0.25, 0.3) is 5.56 Å². The lowest BCUT2D eigenvalue weighted by atomic mass is 10.1. The maximum absolute atomic E-state index is 13.0. The number of aromatic nitrogens is 2. The molecule has 32 heavy (non-hydrogen) atoms. The number of fused-ring (bicyclic) bond motifs is 2. The third-order valence-electron chi connectivity index (χ3n) is 5.29. The van der Waals surface area contributed by atoms with E-state index in [1.54, 1.807) is 47.9 Å². The maximum atomic E-state index is 13.0. The summed E-state index contributed by atoms with van der Waals surface area (Å²) in [5, 5.41) is 6.18. The third kappa shape index (κ3) is 3.51. The van der Waals surface area contributed by atoms with Crippen LogP contribution >= 0.6 is 0 Å². The molecule has 0 atom stereocenters. The number of anilines is 2. The number of nitrogens with one attached hydrogen (secondary N) is 2. The maximum Gasteiger partial charge on any atom is 0.323 e. The predicted molar refractivity (Wildman–Crippen MR) is 122 cm³/mol. The number of hydrogen-bond acceptors (Lipinski definition) is 5. The number of urea groups is 1. The summed E-state index contributed by atoms with van der Waals surface area (Å²) in [6, 6.07) is 17.5. The summed E-state index contributed by atoms with van der Waals surface area (Å²) in [5.41, 5.74) is 3.25. The van der Waals surface area contributed by atoms with Crippen molar-refractivity contribution in [3.63, 3.8) is 0 Å². The van der Waals surface area contributed by atoms with Gasteiger partial charge in [0.15, 0.2) is 11.5 Å². The molecule has 1 aliphatic rings. The molecule has 0 radical (unpaired) electrons. The van der Waals surface area contributed by atoms with Gasteiger partial charge in [0.1, 0.15) is 5.82 Å². The number of nitrogens with zero attached hydrogens (tertiary/aromatic N) is 2. The Morgan fingerprint density at radius 2 is 1.78 bits per heavy atom. The summed E-state index contributed by atoms with van der Waals surface area (Å²) in [7, 11) is 0. The number of benzene rings is 3. The van der Waals surface area contributed by atoms with Crippen LogP contribution in [0.5, 0.6) is 11.5 Å². The van der Waals surface area contributed by atoms with Crippen LogP contribution in [-0.2, 0) is 0 Å². The highest BCUT2D eigenvalue weighted by Crippen LogP contribution is 2.34. The largest absolute Gasteiger partial charge is 0.454 e. The minimum absolute atomic E-state index is 0.131. The van der Waals surface area contributed by atoms with Crippen molar-refractivity contribution in [1.29, 1.82) is 0 Å². The topological polar surface area (TPSA) is 94.5 Å². The molecule has 2 N–H and O–H groups in total. The Labute approximate surface area is 183 Å². The summed E-state index contributed by atoms with van der Waals surface area (Å²) < 4.78 is 12.2. The monoisotopic (exact) mass is 428 g/mol. The molecule has 0 unspecified atom stereocenters. The Bertz CT molecular complexity index is 1430. The van der Waals surface area contributed by atoms with Crippen LogP contribution in [0.2, 0.25) is 0 Å². The average molecular weight is 428 g/mol. The third-order valence-corrected chi connectivity index (χ3v) is 5.29. The smallest absolute Gasteiger partial charge is 0.323 e. The van der Waals surface area contributed by atoms with Crippen molar-refractivity contribution in [2.45, 2.75) is 13.8 Å². The number of hydrogen-bond donors (Lipinski definition) is 2. The summed E-state index contributed by atoms with van der Waals surface area (Å²) in [5.74, 6) is 1.83. The van der Waals surface area contributed by atoms with E-state index in [1.165, 1.54) is 0 Å². The van der Waals surface area contributed by atoms with E-state index in [-0.39, 0.29) is 18.4 Å². The van der Waals surface area contributed by atoms with Crippen LogP contribution in [0.15, 0.2) is 65.5 Å². The van der Waals surface area contributed by atoms with Crippen molar-refractivity contribution in [2.75, 3.05) is 17.4 Å². The first-order chi connectivity index (χ1) is 15.5. The van der Waals surface area contributed by atoms with Gasteiger partial charge < -0.3 is 20.1 Å². The Hall–Kier alpha value is -4.33. The molecule has 0 aliphatic carbocycles. The summed E-state index contributed by atoms with van der Waals surface area (Å²) >= 11 is 0. The number of carbonyl (C=O) groups is 1. The fraction of sp³-hybridized carbons (Fsp3) is 0.125. The van der Waals surface area contributed by atoms with Crippen molar-refractivity contribution in [3.05, 3.63) is 82.4 Å². The minimum atomic E-state index is -0.388. The second kappa shape index (κ2) is 7.73. The molecule has 160 valence electrons. The molecule has 0 saturated carbocycles. The van der Waals surface area contributed by atoms with E-state index in [0.29, 0.717) is 45.3 Å². The lowest BCUT2D eigenvalue weighted by Gasteiger charge is -2.14. The van der Waals surface area contributed by atoms with Crippen molar-refractivity contribution in [3.8, 4) is 17.2 Å². The van der Waals surface area contributed by atoms with Gasteiger partial charge in [-0.2, -0.15) is 0 Å². The van der Waals surface area contributed by atoms with Crippen molar-refractivity contribution >= 4 is 28.3 Å². The fourth-order valence-electron chi connectivity index (χ4n) is 3.73. The second-order valence-corrected chi connectivity index (χ2v) is 7.46. The summed E-state index contributed by atoms with van der Waals surface area (Å²) in [6.07, 6.45) is 0. The molecule has 3 aromatic carbocycles. The predicted octanol–water partition coefficient (Wildman–Crippen LogP) is 4.38. The molecule has 1 aliphatic heterocycles. The fourth-order valence-corrected chi connectivity index (χ4v) is 3.73. The van der Waals surface area contributed by atoms with Gasteiger partial charge in [0.2, 0.25) is 6.79 Å². The summed E-state index contributed by atoms with van der Waals surface area (Å²) in [4.78, 5) is 30.1. The molecule has 8 heteroatoms. The van der Waals surface area contributed by atoms with E-state index < -0.39 is 0 Å². The van der Waals surface area contributed by atoms with E-state index in [2.05, 4.69) is 15.6 Å². The zero-order valence-electron chi connectivity index (χ0n) is 17.5. The second-order valence-electron chi connectivity index (χ2n) is 7.46. The van der Waals surface area contributed by atoms with Gasteiger partial charge in [0, 0.05) is 17.4 Å². The first-order valence-electron chi connectivity index (χ1n) is 10.1. The molecule has 4 aromatic rings. The van der Waals surface area contributed by atoms with Gasteiger partial charge in [-0.3, -0.25) is 9.36 Å². The molecule has 2 amide bonds. The van der Waals surface area contributed by atoms with Crippen molar-refractivity contribution in [2.24, 2.45) is 0 Å². The van der Waals surface area contributed by atoms with Gasteiger partial charge in [-0.1, -0.05) is 12.1 Å². The van der Waals surface area contributed by atoms with Crippen molar-refractivity contribution < 1.29 is 14.3 Å². The quantitative estimate of drug-likeness (QED) is 0.505. The highest BCUT2D eigenvalue weighted by Gasteiger charge is 2.15. The Balaban J connectivity index is 1.38. The zero-order valence-corrected chi connectivity index (χ0v) is 17.5. The first kappa shape index (κ1) is 19.6. The molecular formula is C24H20N4O4. The van der Waals surface area contributed by atoms with E-state index in [4.69, 9.17) is 9.47 Å². The lowest BCUT2D eigenvalue weighted by Crippen LogP contribution is -2.23. The molecule has 0 bridgehead atoms. The minimum Gasteiger partial charge on any atom is -0.454 e. The number of amides is 2. The van der Waals surface area contributed by atoms with Crippen LogP contribution in [0, 0.1) is 13.8 Å². The van der Waals surface area contributed by atoms with E-state index in [1.807, 2.05) is 31.2 Å². The standard InChI is InChI=1S/C24H20N4O4/c1-14-11-17(28-15(2)25-20-6-4-3-5-18(20)23(28)29)8-9-19(14)27-24(30)26-16-7-10-21-22(12-16)32-13-31-21/h3-12H,13H2,1-2H3,(H2,26,27,30). The SMILES string of the molecule is Cc1cc(-n2c(C)nc3ccccc3c2=O)ccc1NC(=O)Nc1ccc2c(c1)OCO2. The van der Waals surface area contributed by atoms with Crippen LogP contribution in [0.1, 0.15) is 11.4 Å². The zero-order chi connectivity index (χ0) is 22.2.